The topological polar surface area (TPSA) is 12.0 Å². The molecule has 88 valence electrons. The van der Waals surface area contributed by atoms with Gasteiger partial charge in [-0.1, -0.05) is 23.9 Å². The molecule has 16 heavy (non-hydrogen) atoms. The number of hydrogen-bond acceptors (Lipinski definition) is 2. The van der Waals surface area contributed by atoms with Crippen LogP contribution in [0.2, 0.25) is 0 Å². The molecule has 1 saturated heterocycles. The molecule has 1 aromatic carbocycles. The van der Waals surface area contributed by atoms with Crippen LogP contribution in [0.1, 0.15) is 24.3 Å². The Bertz CT molecular complexity index is 338. The van der Waals surface area contributed by atoms with Gasteiger partial charge >= 0.3 is 0 Å². The van der Waals surface area contributed by atoms with Crippen LogP contribution in [0.5, 0.6) is 0 Å². The fourth-order valence-corrected chi connectivity index (χ4v) is 2.65. The summed E-state index contributed by atoms with van der Waals surface area (Å²) in [6.45, 7) is 2.03. The molecule has 0 aromatic heterocycles. The van der Waals surface area contributed by atoms with Crippen molar-refractivity contribution in [1.82, 2.24) is 5.32 Å². The number of nitrogens with one attached hydrogen (secondary N) is 1. The average molecular weight is 243 g/mol. The van der Waals surface area contributed by atoms with E-state index in [0.29, 0.717) is 22.6 Å². The van der Waals surface area contributed by atoms with Crippen molar-refractivity contribution >= 4 is 11.8 Å². The van der Waals surface area contributed by atoms with Gasteiger partial charge in [0, 0.05) is 11.4 Å². The molecule has 1 aromatic rings. The van der Waals surface area contributed by atoms with Gasteiger partial charge in [0.2, 0.25) is 0 Å². The minimum atomic E-state index is -2.33. The lowest BCUT2D eigenvalue weighted by atomic mass is 9.92. The lowest BCUT2D eigenvalue weighted by Crippen LogP contribution is -2.28. The first kappa shape index (κ1) is 11.9. The Morgan fingerprint density at radius 2 is 2.25 bits per heavy atom. The fourth-order valence-electron chi connectivity index (χ4n) is 2.08. The maximum absolute atomic E-state index is 12.2. The number of rotatable bonds is 3. The molecule has 4 heteroatoms. The summed E-state index contributed by atoms with van der Waals surface area (Å²) in [7, 11) is 0. The van der Waals surface area contributed by atoms with Crippen LogP contribution in [-0.2, 0) is 0 Å². The molecule has 1 N–H and O–H groups in total. The van der Waals surface area contributed by atoms with Gasteiger partial charge in [0.1, 0.15) is 0 Å². The number of alkyl halides is 2. The van der Waals surface area contributed by atoms with E-state index in [1.165, 1.54) is 5.56 Å². The quantitative estimate of drug-likeness (QED) is 0.816. The van der Waals surface area contributed by atoms with Gasteiger partial charge in [0.15, 0.2) is 0 Å². The Morgan fingerprint density at radius 1 is 1.38 bits per heavy atom. The van der Waals surface area contributed by atoms with Gasteiger partial charge in [0.05, 0.1) is 0 Å². The van der Waals surface area contributed by atoms with E-state index in [1.807, 2.05) is 18.2 Å². The van der Waals surface area contributed by atoms with E-state index in [1.54, 1.807) is 6.07 Å². The molecule has 0 bridgehead atoms. The smallest absolute Gasteiger partial charge is 0.288 e. The van der Waals surface area contributed by atoms with Crippen molar-refractivity contribution in [2.24, 2.45) is 0 Å². The van der Waals surface area contributed by atoms with Crippen LogP contribution in [0, 0.1) is 0 Å². The summed E-state index contributed by atoms with van der Waals surface area (Å²) >= 11 is 0.623. The zero-order valence-electron chi connectivity index (χ0n) is 8.96. The first-order valence-corrected chi connectivity index (χ1v) is 6.39. The second kappa shape index (κ2) is 5.64. The summed E-state index contributed by atoms with van der Waals surface area (Å²) in [6.07, 6.45) is 2.31. The van der Waals surface area contributed by atoms with Crippen LogP contribution in [0.15, 0.2) is 29.2 Å². The molecular formula is C12H15F2NS. The summed E-state index contributed by atoms with van der Waals surface area (Å²) in [5.41, 5.74) is 1.18. The third-order valence-electron chi connectivity index (χ3n) is 2.85. The Labute approximate surface area is 98.6 Å². The molecule has 0 spiro atoms. The van der Waals surface area contributed by atoms with E-state index < -0.39 is 5.76 Å². The maximum atomic E-state index is 12.2. The molecule has 1 nitrogen and oxygen atoms in total. The first-order valence-electron chi connectivity index (χ1n) is 5.51. The highest BCUT2D eigenvalue weighted by molar-refractivity contribution is 7.99. The highest BCUT2D eigenvalue weighted by Gasteiger charge is 2.15. The molecule has 0 amide bonds. The van der Waals surface area contributed by atoms with Crippen LogP contribution >= 0.6 is 11.8 Å². The van der Waals surface area contributed by atoms with Gasteiger partial charge in [-0.05, 0) is 43.0 Å². The summed E-state index contributed by atoms with van der Waals surface area (Å²) in [5, 5.41) is 3.34. The monoisotopic (exact) mass is 243 g/mol. The number of benzene rings is 1. The molecule has 1 aliphatic heterocycles. The van der Waals surface area contributed by atoms with Crippen molar-refractivity contribution in [3.8, 4) is 0 Å². The molecule has 1 atom stereocenters. The van der Waals surface area contributed by atoms with Crippen molar-refractivity contribution in [2.45, 2.75) is 29.4 Å². The van der Waals surface area contributed by atoms with Crippen molar-refractivity contribution in [2.75, 3.05) is 13.1 Å². The zero-order chi connectivity index (χ0) is 11.4. The molecular weight excluding hydrogens is 228 g/mol. The largest absolute Gasteiger partial charge is 0.316 e. The Balaban J connectivity index is 2.08. The van der Waals surface area contributed by atoms with Crippen LogP contribution < -0.4 is 5.32 Å². The van der Waals surface area contributed by atoms with Crippen molar-refractivity contribution in [3.63, 3.8) is 0 Å². The van der Waals surface area contributed by atoms with Gasteiger partial charge in [-0.15, -0.1) is 0 Å². The standard InChI is InChI=1S/C12H15F2NS/c13-12(14)16-11-5-1-3-9(7-11)10-4-2-6-15-8-10/h1,3,5,7,10,12,15H,2,4,6,8H2. The summed E-state index contributed by atoms with van der Waals surface area (Å²) in [6, 6.07) is 7.55. The lowest BCUT2D eigenvalue weighted by molar-refractivity contribution is 0.252. The SMILES string of the molecule is FC(F)Sc1cccc(C2CCCNC2)c1. The maximum Gasteiger partial charge on any atom is 0.288 e. The Hall–Kier alpha value is -0.610. The molecule has 0 saturated carbocycles. The molecule has 1 fully saturated rings. The predicted molar refractivity (Wildman–Crippen MR) is 63.1 cm³/mol. The molecule has 1 unspecified atom stereocenters. The van der Waals surface area contributed by atoms with E-state index in [2.05, 4.69) is 5.32 Å². The lowest BCUT2D eigenvalue weighted by Gasteiger charge is -2.23. The predicted octanol–water partition coefficient (Wildman–Crippen LogP) is 3.47. The Morgan fingerprint density at radius 3 is 2.94 bits per heavy atom. The number of hydrogen-bond donors (Lipinski definition) is 1. The second-order valence-electron chi connectivity index (χ2n) is 3.99. The van der Waals surface area contributed by atoms with Gasteiger partial charge < -0.3 is 5.32 Å². The van der Waals surface area contributed by atoms with Crippen LogP contribution in [0.3, 0.4) is 0 Å². The highest BCUT2D eigenvalue weighted by atomic mass is 32.2. The molecule has 1 heterocycles. The van der Waals surface area contributed by atoms with Gasteiger partial charge in [-0.2, -0.15) is 8.78 Å². The second-order valence-corrected chi connectivity index (χ2v) is 5.06. The summed E-state index contributed by atoms with van der Waals surface area (Å²) in [4.78, 5) is 0.665. The minimum absolute atomic E-state index is 0.479. The van der Waals surface area contributed by atoms with Crippen LogP contribution in [-0.4, -0.2) is 18.8 Å². The van der Waals surface area contributed by atoms with E-state index >= 15 is 0 Å². The molecule has 0 radical (unpaired) electrons. The number of thioether (sulfide) groups is 1. The normalized spacial score (nSPS) is 21.3. The fraction of sp³-hybridized carbons (Fsp3) is 0.500. The summed E-state index contributed by atoms with van der Waals surface area (Å²) in [5.74, 6) is -1.85. The molecule has 2 rings (SSSR count). The highest BCUT2D eigenvalue weighted by Crippen LogP contribution is 2.30. The van der Waals surface area contributed by atoms with E-state index in [9.17, 15) is 8.78 Å². The summed E-state index contributed by atoms with van der Waals surface area (Å²) < 4.78 is 24.5. The van der Waals surface area contributed by atoms with E-state index in [-0.39, 0.29) is 0 Å². The third-order valence-corrected chi connectivity index (χ3v) is 3.56. The van der Waals surface area contributed by atoms with Crippen molar-refractivity contribution in [3.05, 3.63) is 29.8 Å². The average Bonchev–Trinajstić information content (AvgIpc) is 2.30. The van der Waals surface area contributed by atoms with E-state index in [0.717, 1.165) is 25.9 Å². The first-order chi connectivity index (χ1) is 7.75. The van der Waals surface area contributed by atoms with E-state index in [4.69, 9.17) is 0 Å². The Kier molecular flexibility index (Phi) is 4.18. The molecule has 1 aliphatic rings. The number of halogens is 2. The van der Waals surface area contributed by atoms with Gasteiger partial charge in [-0.3, -0.25) is 0 Å². The van der Waals surface area contributed by atoms with Crippen molar-refractivity contribution < 1.29 is 8.78 Å². The van der Waals surface area contributed by atoms with Crippen LogP contribution in [0.25, 0.3) is 0 Å². The van der Waals surface area contributed by atoms with Gasteiger partial charge in [-0.25, -0.2) is 0 Å². The minimum Gasteiger partial charge on any atom is -0.316 e. The van der Waals surface area contributed by atoms with Crippen molar-refractivity contribution in [1.29, 1.82) is 0 Å². The van der Waals surface area contributed by atoms with Crippen LogP contribution in [0.4, 0.5) is 8.78 Å². The number of piperidine rings is 1. The third kappa shape index (κ3) is 3.19. The van der Waals surface area contributed by atoms with Gasteiger partial charge in [0.25, 0.3) is 5.76 Å². The zero-order valence-corrected chi connectivity index (χ0v) is 9.77. The molecule has 0 aliphatic carbocycles.